The third-order valence-corrected chi connectivity index (χ3v) is 4.73. The lowest BCUT2D eigenvalue weighted by Gasteiger charge is -2.20. The molecule has 0 aliphatic carbocycles. The molecule has 8 nitrogen and oxygen atoms in total. The van der Waals surface area contributed by atoms with E-state index in [1.807, 2.05) is 10.6 Å². The number of pyridine rings is 1. The highest BCUT2D eigenvalue weighted by molar-refractivity contribution is 6.38. The van der Waals surface area contributed by atoms with Gasteiger partial charge in [-0.1, -0.05) is 6.07 Å². The molecule has 0 saturated carbocycles. The number of carbonyl (C=O) groups is 4. The van der Waals surface area contributed by atoms with Crippen molar-refractivity contribution in [3.8, 4) is 0 Å². The number of rotatable bonds is 9. The topological polar surface area (TPSA) is 117 Å². The summed E-state index contributed by atoms with van der Waals surface area (Å²) in [5.74, 6) is -9.73. The molecule has 1 atom stereocenters. The Labute approximate surface area is 200 Å². The Hall–Kier alpha value is -3.97. The van der Waals surface area contributed by atoms with Crippen LogP contribution in [0.3, 0.4) is 0 Å². The van der Waals surface area contributed by atoms with Crippen molar-refractivity contribution in [2.24, 2.45) is 0 Å². The minimum absolute atomic E-state index is 0.458. The van der Waals surface area contributed by atoms with Crippen LogP contribution in [0.15, 0.2) is 36.5 Å². The molecule has 0 aliphatic heterocycles. The maximum absolute atomic E-state index is 13.8. The van der Waals surface area contributed by atoms with Crippen molar-refractivity contribution in [2.45, 2.75) is 37.9 Å². The van der Waals surface area contributed by atoms with Crippen molar-refractivity contribution in [1.29, 1.82) is 0 Å². The standard InChI is InChI=1S/C22H20F6N4O4/c1-21(24,25)7-6-15(16(33)20(36)29-2)31-19(35)14-9-13(23)10-30-17(14)32-18(34)11-4-3-5-12(8-11)22(26,27)28/h3-5,8-10,15H,6-7H2,1-2H3,(H,29,36)(H,31,35)(H,30,32,34)/t15-/m0/s1. The largest absolute Gasteiger partial charge is 0.416 e. The van der Waals surface area contributed by atoms with Crippen molar-refractivity contribution in [3.05, 3.63) is 59.0 Å². The van der Waals surface area contributed by atoms with Crippen molar-refractivity contribution in [1.82, 2.24) is 15.6 Å². The van der Waals surface area contributed by atoms with Gasteiger partial charge in [0.25, 0.3) is 17.7 Å². The molecule has 0 radical (unpaired) electrons. The second kappa shape index (κ2) is 11.2. The van der Waals surface area contributed by atoms with Crippen LogP contribution in [0, 0.1) is 5.82 Å². The summed E-state index contributed by atoms with van der Waals surface area (Å²) in [6.07, 6.45) is -5.68. The molecule has 194 valence electrons. The van der Waals surface area contributed by atoms with Gasteiger partial charge in [-0.2, -0.15) is 13.2 Å². The van der Waals surface area contributed by atoms with Crippen LogP contribution >= 0.6 is 0 Å². The maximum Gasteiger partial charge on any atom is 0.416 e. The average molecular weight is 518 g/mol. The first kappa shape index (κ1) is 28.3. The van der Waals surface area contributed by atoms with Crippen molar-refractivity contribution in [2.75, 3.05) is 12.4 Å². The van der Waals surface area contributed by atoms with Crippen LogP contribution in [0.2, 0.25) is 0 Å². The number of benzene rings is 1. The number of nitrogens with zero attached hydrogens (tertiary/aromatic N) is 1. The van der Waals surface area contributed by atoms with E-state index in [-0.39, 0.29) is 0 Å². The molecule has 0 bridgehead atoms. The Morgan fingerprint density at radius 2 is 1.69 bits per heavy atom. The molecular weight excluding hydrogens is 498 g/mol. The van der Waals surface area contributed by atoms with E-state index in [1.165, 1.54) is 0 Å². The van der Waals surface area contributed by atoms with Crippen LogP contribution in [0.4, 0.5) is 32.2 Å². The third kappa shape index (κ3) is 7.78. The van der Waals surface area contributed by atoms with Crippen LogP contribution in [0.5, 0.6) is 0 Å². The van der Waals surface area contributed by atoms with E-state index in [0.29, 0.717) is 25.3 Å². The van der Waals surface area contributed by atoms with E-state index in [2.05, 4.69) is 10.3 Å². The first-order valence-electron chi connectivity index (χ1n) is 10.2. The fraction of sp³-hybridized carbons (Fsp3) is 0.318. The zero-order valence-corrected chi connectivity index (χ0v) is 18.8. The maximum atomic E-state index is 13.8. The van der Waals surface area contributed by atoms with Gasteiger partial charge in [0.2, 0.25) is 11.7 Å². The predicted octanol–water partition coefficient (Wildman–Crippen LogP) is 3.34. The van der Waals surface area contributed by atoms with Gasteiger partial charge in [0.15, 0.2) is 0 Å². The molecule has 0 unspecified atom stereocenters. The van der Waals surface area contributed by atoms with E-state index in [1.54, 1.807) is 0 Å². The number of alkyl halides is 5. The number of amides is 3. The fourth-order valence-electron chi connectivity index (χ4n) is 2.91. The van der Waals surface area contributed by atoms with E-state index < -0.39 is 82.8 Å². The number of hydrogen-bond donors (Lipinski definition) is 3. The van der Waals surface area contributed by atoms with Crippen molar-refractivity contribution >= 4 is 29.3 Å². The number of ketones is 1. The number of hydrogen-bond acceptors (Lipinski definition) is 5. The summed E-state index contributed by atoms with van der Waals surface area (Å²) in [5, 5.41) is 6.12. The molecule has 2 rings (SSSR count). The van der Waals surface area contributed by atoms with E-state index in [4.69, 9.17) is 0 Å². The first-order chi connectivity index (χ1) is 16.6. The summed E-state index contributed by atoms with van der Waals surface area (Å²) in [6, 6.07) is 2.16. The lowest BCUT2D eigenvalue weighted by molar-refractivity contribution is -0.139. The Bertz CT molecular complexity index is 1160. The number of Topliss-reactive ketones (excluding diaryl/α,β-unsaturated/α-hetero) is 1. The van der Waals surface area contributed by atoms with Crippen LogP contribution < -0.4 is 16.0 Å². The predicted molar refractivity (Wildman–Crippen MR) is 114 cm³/mol. The Balaban J connectivity index is 2.33. The van der Waals surface area contributed by atoms with Crippen LogP contribution in [0.1, 0.15) is 46.0 Å². The van der Waals surface area contributed by atoms with Gasteiger partial charge in [0, 0.05) is 19.0 Å². The number of nitrogens with one attached hydrogen (secondary N) is 3. The zero-order chi connectivity index (χ0) is 27.3. The molecule has 2 aromatic rings. The highest BCUT2D eigenvalue weighted by atomic mass is 19.4. The van der Waals surface area contributed by atoms with E-state index in [0.717, 1.165) is 25.2 Å². The van der Waals surface area contributed by atoms with Crippen LogP contribution in [-0.2, 0) is 15.8 Å². The number of aromatic nitrogens is 1. The second-order valence-corrected chi connectivity index (χ2v) is 7.66. The fourth-order valence-corrected chi connectivity index (χ4v) is 2.91. The van der Waals surface area contributed by atoms with Crippen molar-refractivity contribution in [3.63, 3.8) is 0 Å². The van der Waals surface area contributed by atoms with E-state index in [9.17, 15) is 45.5 Å². The highest BCUT2D eigenvalue weighted by Crippen LogP contribution is 2.29. The SMILES string of the molecule is CNC(=O)C(=O)[C@H](CCC(C)(F)F)NC(=O)c1cc(F)cnc1NC(=O)c1cccc(C(F)(F)F)c1. The summed E-state index contributed by atoms with van der Waals surface area (Å²) in [4.78, 5) is 52.8. The Kier molecular flexibility index (Phi) is 8.78. The van der Waals surface area contributed by atoms with Gasteiger partial charge in [-0.05, 0) is 37.6 Å². The van der Waals surface area contributed by atoms with Gasteiger partial charge in [0.05, 0.1) is 23.4 Å². The molecule has 14 heteroatoms. The van der Waals surface area contributed by atoms with Crippen LogP contribution in [-0.4, -0.2) is 47.5 Å². The van der Waals surface area contributed by atoms with Gasteiger partial charge in [-0.25, -0.2) is 18.2 Å². The zero-order valence-electron chi connectivity index (χ0n) is 18.8. The van der Waals surface area contributed by atoms with Gasteiger partial charge in [-0.15, -0.1) is 0 Å². The molecule has 0 saturated heterocycles. The lowest BCUT2D eigenvalue weighted by atomic mass is 10.0. The first-order valence-corrected chi connectivity index (χ1v) is 10.2. The molecule has 0 fully saturated rings. The molecule has 1 heterocycles. The molecular formula is C22H20F6N4O4. The number of anilines is 1. The molecule has 0 spiro atoms. The van der Waals surface area contributed by atoms with Gasteiger partial charge < -0.3 is 16.0 Å². The summed E-state index contributed by atoms with van der Waals surface area (Å²) < 4.78 is 79.3. The van der Waals surface area contributed by atoms with Gasteiger partial charge in [0.1, 0.15) is 11.6 Å². The minimum atomic E-state index is -4.74. The molecule has 0 aliphatic rings. The third-order valence-electron chi connectivity index (χ3n) is 4.73. The van der Waals surface area contributed by atoms with Gasteiger partial charge >= 0.3 is 6.18 Å². The summed E-state index contributed by atoms with van der Waals surface area (Å²) >= 11 is 0. The quantitative estimate of drug-likeness (QED) is 0.348. The summed E-state index contributed by atoms with van der Waals surface area (Å²) in [6.45, 7) is 0.564. The number of likely N-dealkylation sites (N-methyl/N-ethyl adjacent to an activating group) is 1. The van der Waals surface area contributed by atoms with Crippen molar-refractivity contribution < 1.29 is 45.5 Å². The molecule has 36 heavy (non-hydrogen) atoms. The van der Waals surface area contributed by atoms with Crippen LogP contribution in [0.25, 0.3) is 0 Å². The monoisotopic (exact) mass is 518 g/mol. The second-order valence-electron chi connectivity index (χ2n) is 7.66. The smallest absolute Gasteiger partial charge is 0.353 e. The molecule has 3 amide bonds. The number of halogens is 6. The van der Waals surface area contributed by atoms with E-state index >= 15 is 0 Å². The minimum Gasteiger partial charge on any atom is -0.353 e. The summed E-state index contributed by atoms with van der Waals surface area (Å²) in [7, 11) is 1.10. The highest BCUT2D eigenvalue weighted by Gasteiger charge is 2.32. The molecule has 1 aromatic carbocycles. The molecule has 3 N–H and O–H groups in total. The Morgan fingerprint density at radius 3 is 2.28 bits per heavy atom. The number of carbonyl (C=O) groups excluding carboxylic acids is 4. The Morgan fingerprint density at radius 1 is 1.03 bits per heavy atom. The normalized spacial score (nSPS) is 12.4. The van der Waals surface area contributed by atoms with Gasteiger partial charge in [-0.3, -0.25) is 19.2 Å². The lowest BCUT2D eigenvalue weighted by Crippen LogP contribution is -2.47. The summed E-state index contributed by atoms with van der Waals surface area (Å²) in [5.41, 5.74) is -2.25. The molecule has 1 aromatic heterocycles. The average Bonchev–Trinajstić information content (AvgIpc) is 2.80.